The molecule has 4 nitrogen and oxygen atoms in total. The smallest absolute Gasteiger partial charge is 0.137 e. The maximum atomic E-state index is 6.34. The Labute approximate surface area is 230 Å². The fourth-order valence-corrected chi connectivity index (χ4v) is 6.79. The molecule has 0 saturated heterocycles. The van der Waals surface area contributed by atoms with E-state index >= 15 is 0 Å². The van der Waals surface area contributed by atoms with Gasteiger partial charge in [-0.2, -0.15) is 0 Å². The maximum Gasteiger partial charge on any atom is 0.137 e. The molecule has 9 rings (SSSR count). The van der Waals surface area contributed by atoms with E-state index in [0.717, 1.165) is 49.7 Å². The average molecular weight is 517 g/mol. The van der Waals surface area contributed by atoms with Crippen LogP contribution >= 0.6 is 0 Å². The zero-order chi connectivity index (χ0) is 26.4. The van der Waals surface area contributed by atoms with Gasteiger partial charge in [0.25, 0.3) is 0 Å². The van der Waals surface area contributed by atoms with Crippen molar-refractivity contribution in [1.82, 2.24) is 0 Å². The predicted molar refractivity (Wildman–Crippen MR) is 164 cm³/mol. The number of benzene rings is 5. The number of anilines is 3. The Kier molecular flexibility index (Phi) is 4.28. The summed E-state index contributed by atoms with van der Waals surface area (Å²) in [6.45, 7) is 0. The van der Waals surface area contributed by atoms with Gasteiger partial charge >= 0.3 is 0 Å². The van der Waals surface area contributed by atoms with Crippen LogP contribution in [0, 0.1) is 0 Å². The summed E-state index contributed by atoms with van der Waals surface area (Å²) in [6, 6.07) is 33.9. The number of hydrogen-bond acceptors (Lipinski definition) is 4. The SMILES string of the molecule is Nc1ccc2oc3ccc(-c4ccccc4N4c5c(ccc6oc7ccccc7c56)C5C=CC=CC54)cc3c2c1. The molecule has 2 unspecified atom stereocenters. The highest BCUT2D eigenvalue weighted by atomic mass is 16.3. The van der Waals surface area contributed by atoms with Gasteiger partial charge in [0.15, 0.2) is 0 Å². The molecule has 190 valence electrons. The van der Waals surface area contributed by atoms with Crippen LogP contribution in [0.25, 0.3) is 55.0 Å². The molecule has 0 amide bonds. The number of fused-ring (bicyclic) bond motifs is 10. The molecule has 4 heteroatoms. The quantitative estimate of drug-likeness (QED) is 0.233. The van der Waals surface area contributed by atoms with Gasteiger partial charge in [-0.3, -0.25) is 0 Å². The molecule has 0 radical (unpaired) electrons. The van der Waals surface area contributed by atoms with E-state index in [9.17, 15) is 0 Å². The Bertz CT molecular complexity index is 2210. The van der Waals surface area contributed by atoms with Gasteiger partial charge in [-0.1, -0.05) is 72.8 Å². The summed E-state index contributed by atoms with van der Waals surface area (Å²) in [5.41, 5.74) is 16.4. The lowest BCUT2D eigenvalue weighted by molar-refractivity contribution is 0.668. The van der Waals surface area contributed by atoms with Crippen molar-refractivity contribution >= 4 is 60.9 Å². The minimum atomic E-state index is 0.165. The largest absolute Gasteiger partial charge is 0.456 e. The van der Waals surface area contributed by atoms with Crippen LogP contribution in [-0.2, 0) is 0 Å². The standard InChI is InChI=1S/C36H24N2O2/c37-22-14-17-33-28(20-22)27-19-21(13-16-32(27)39-33)23-7-1-4-10-29(23)38-30-11-5-2-8-24(30)25-15-18-34-35(36(25)38)26-9-3-6-12-31(26)40-34/h1-20,24,30H,37H2. The molecule has 0 spiro atoms. The fraction of sp³-hybridized carbons (Fsp3) is 0.0556. The number of rotatable bonds is 2. The summed E-state index contributed by atoms with van der Waals surface area (Å²) in [5, 5.41) is 4.42. The van der Waals surface area contributed by atoms with Crippen LogP contribution in [0.5, 0.6) is 0 Å². The van der Waals surface area contributed by atoms with Crippen molar-refractivity contribution in [3.8, 4) is 11.1 Å². The van der Waals surface area contributed by atoms with Gasteiger partial charge in [0, 0.05) is 39.0 Å². The Hall–Kier alpha value is -5.22. The van der Waals surface area contributed by atoms with Crippen LogP contribution in [0.15, 0.2) is 130 Å². The minimum Gasteiger partial charge on any atom is -0.456 e. The van der Waals surface area contributed by atoms with Crippen molar-refractivity contribution in [2.24, 2.45) is 0 Å². The Morgan fingerprint density at radius 2 is 1.35 bits per heavy atom. The van der Waals surface area contributed by atoms with Gasteiger partial charge in [-0.05, 0) is 59.7 Å². The van der Waals surface area contributed by atoms with E-state index in [1.54, 1.807) is 0 Å². The first-order chi connectivity index (χ1) is 19.7. The zero-order valence-electron chi connectivity index (χ0n) is 21.5. The first-order valence-electron chi connectivity index (χ1n) is 13.6. The number of nitrogens with two attached hydrogens (primary N) is 1. The third-order valence-corrected chi connectivity index (χ3v) is 8.52. The van der Waals surface area contributed by atoms with E-state index in [0.29, 0.717) is 0 Å². The molecule has 40 heavy (non-hydrogen) atoms. The van der Waals surface area contributed by atoms with E-state index in [-0.39, 0.29) is 12.0 Å². The number of allylic oxidation sites excluding steroid dienone is 2. The molecule has 2 N–H and O–H groups in total. The second kappa shape index (κ2) is 7.90. The number of furan rings is 2. The molecule has 2 aromatic heterocycles. The fourth-order valence-electron chi connectivity index (χ4n) is 6.79. The minimum absolute atomic E-state index is 0.165. The van der Waals surface area contributed by atoms with Crippen molar-refractivity contribution in [2.75, 3.05) is 10.6 Å². The molecule has 1 aliphatic heterocycles. The van der Waals surface area contributed by atoms with E-state index in [1.807, 2.05) is 24.3 Å². The molecule has 2 aliphatic rings. The number of nitrogen functional groups attached to an aromatic ring is 1. The van der Waals surface area contributed by atoms with Crippen molar-refractivity contribution in [3.05, 3.63) is 127 Å². The Balaban J connectivity index is 1.32. The van der Waals surface area contributed by atoms with Crippen LogP contribution in [-0.4, -0.2) is 6.04 Å². The first kappa shape index (κ1) is 21.7. The second-order valence-electron chi connectivity index (χ2n) is 10.7. The third-order valence-electron chi connectivity index (χ3n) is 8.52. The molecule has 0 fully saturated rings. The predicted octanol–water partition coefficient (Wildman–Crippen LogP) is 9.46. The molecular weight excluding hydrogens is 492 g/mol. The summed E-state index contributed by atoms with van der Waals surface area (Å²) < 4.78 is 12.5. The number of hydrogen-bond donors (Lipinski definition) is 1. The second-order valence-corrected chi connectivity index (χ2v) is 10.7. The monoisotopic (exact) mass is 516 g/mol. The summed E-state index contributed by atoms with van der Waals surface area (Å²) in [7, 11) is 0. The third kappa shape index (κ3) is 2.90. The van der Waals surface area contributed by atoms with Crippen LogP contribution in [0.3, 0.4) is 0 Å². The highest BCUT2D eigenvalue weighted by Crippen LogP contribution is 2.54. The van der Waals surface area contributed by atoms with Gasteiger partial charge in [0.05, 0.1) is 17.1 Å². The van der Waals surface area contributed by atoms with Crippen LogP contribution < -0.4 is 10.6 Å². The van der Waals surface area contributed by atoms with Crippen LogP contribution in [0.2, 0.25) is 0 Å². The van der Waals surface area contributed by atoms with Gasteiger partial charge < -0.3 is 19.5 Å². The highest BCUT2D eigenvalue weighted by Gasteiger charge is 2.40. The van der Waals surface area contributed by atoms with Gasteiger partial charge in [-0.15, -0.1) is 0 Å². The van der Waals surface area contributed by atoms with Crippen molar-refractivity contribution in [1.29, 1.82) is 0 Å². The van der Waals surface area contributed by atoms with E-state index in [1.165, 1.54) is 27.9 Å². The van der Waals surface area contributed by atoms with Crippen molar-refractivity contribution in [3.63, 3.8) is 0 Å². The normalized spacial score (nSPS) is 17.9. The van der Waals surface area contributed by atoms with E-state index < -0.39 is 0 Å². The van der Waals surface area contributed by atoms with Crippen molar-refractivity contribution < 1.29 is 8.83 Å². The summed E-state index contributed by atoms with van der Waals surface area (Å²) >= 11 is 0. The first-order valence-corrected chi connectivity index (χ1v) is 13.6. The van der Waals surface area contributed by atoms with E-state index in [2.05, 4.69) is 102 Å². The van der Waals surface area contributed by atoms with Crippen LogP contribution in [0.4, 0.5) is 17.1 Å². The summed E-state index contributed by atoms with van der Waals surface area (Å²) in [6.07, 6.45) is 8.99. The average Bonchev–Trinajstić information content (AvgIpc) is 3.66. The highest BCUT2D eigenvalue weighted by molar-refractivity contribution is 6.15. The molecule has 3 heterocycles. The van der Waals surface area contributed by atoms with Gasteiger partial charge in [-0.25, -0.2) is 0 Å². The summed E-state index contributed by atoms with van der Waals surface area (Å²) in [4.78, 5) is 2.52. The molecule has 1 aliphatic carbocycles. The lowest BCUT2D eigenvalue weighted by Gasteiger charge is -2.31. The summed E-state index contributed by atoms with van der Waals surface area (Å²) in [5.74, 6) is 0.259. The lowest BCUT2D eigenvalue weighted by atomic mass is 9.91. The van der Waals surface area contributed by atoms with Gasteiger partial charge in [0.2, 0.25) is 0 Å². The zero-order valence-corrected chi connectivity index (χ0v) is 21.5. The Morgan fingerprint density at radius 3 is 2.30 bits per heavy atom. The number of para-hydroxylation sites is 2. The van der Waals surface area contributed by atoms with Gasteiger partial charge in [0.1, 0.15) is 22.3 Å². The van der Waals surface area contributed by atoms with Crippen molar-refractivity contribution in [2.45, 2.75) is 12.0 Å². The maximum absolute atomic E-state index is 6.34. The molecule has 7 aromatic rings. The topological polar surface area (TPSA) is 55.5 Å². The number of nitrogens with zero attached hydrogens (tertiary/aromatic N) is 1. The Morgan fingerprint density at radius 1 is 0.625 bits per heavy atom. The van der Waals surface area contributed by atoms with E-state index in [4.69, 9.17) is 14.6 Å². The molecule has 2 atom stereocenters. The molecule has 0 bridgehead atoms. The molecule has 0 saturated carbocycles. The lowest BCUT2D eigenvalue weighted by Crippen LogP contribution is -2.29. The molecular formula is C36H24N2O2. The molecule has 5 aromatic carbocycles. The van der Waals surface area contributed by atoms with Crippen LogP contribution in [0.1, 0.15) is 11.5 Å².